The second-order valence-corrected chi connectivity index (χ2v) is 3.64. The fraction of sp³-hybridized carbons (Fsp3) is 0.571. The first-order valence-corrected chi connectivity index (χ1v) is 4.84. The molecule has 0 aliphatic heterocycles. The molecule has 0 saturated heterocycles. The van der Waals surface area contributed by atoms with Crippen molar-refractivity contribution in [3.05, 3.63) is 12.2 Å². The molecule has 0 radical (unpaired) electrons. The second kappa shape index (κ2) is 5.80. The molecule has 13 heavy (non-hydrogen) atoms. The van der Waals surface area contributed by atoms with Crippen LogP contribution in [-0.2, 0) is 14.1 Å². The van der Waals surface area contributed by atoms with Gasteiger partial charge in [-0.3, -0.25) is 0 Å². The molecule has 0 amide bonds. The Labute approximate surface area is 76.9 Å². The number of aliphatic hydroxyl groups excluding tert-OH is 1. The third-order valence-corrected chi connectivity index (χ3v) is 1.95. The number of hydrogen-bond acceptors (Lipinski definition) is 5. The summed E-state index contributed by atoms with van der Waals surface area (Å²) < 4.78 is 14.7. The largest absolute Gasteiger partial charge is 0.593 e. The fourth-order valence-electron chi connectivity index (χ4n) is 0.486. The molecule has 0 saturated carbocycles. The van der Waals surface area contributed by atoms with E-state index in [2.05, 4.69) is 11.3 Å². The lowest BCUT2D eigenvalue weighted by atomic mass is 10.4. The lowest BCUT2D eigenvalue weighted by molar-refractivity contribution is -0.172. The predicted octanol–water partition coefficient (Wildman–Crippen LogP) is -0.0831. The highest BCUT2D eigenvalue weighted by Crippen LogP contribution is 2.17. The third-order valence-electron chi connectivity index (χ3n) is 1.20. The molecule has 1 N–H and O–H groups in total. The highest BCUT2D eigenvalue weighted by molar-refractivity contribution is 7.37. The smallest absolute Gasteiger partial charge is 0.341 e. The van der Waals surface area contributed by atoms with Crippen LogP contribution in [0.15, 0.2) is 12.2 Å². The summed E-state index contributed by atoms with van der Waals surface area (Å²) in [6.07, 6.45) is -0.113. The first-order chi connectivity index (χ1) is 5.95. The van der Waals surface area contributed by atoms with Gasteiger partial charge in [0.15, 0.2) is 0 Å². The minimum Gasteiger partial charge on any atom is -0.593 e. The van der Waals surface area contributed by atoms with Crippen molar-refractivity contribution in [1.82, 2.24) is 0 Å². The van der Waals surface area contributed by atoms with E-state index >= 15 is 0 Å². The highest BCUT2D eigenvalue weighted by Gasteiger charge is 2.17. The van der Waals surface area contributed by atoms with Gasteiger partial charge in [0, 0.05) is 5.57 Å². The van der Waals surface area contributed by atoms with Crippen LogP contribution in [0, 0.1) is 0 Å². The quantitative estimate of drug-likeness (QED) is 0.386. The van der Waals surface area contributed by atoms with Gasteiger partial charge in [0.25, 0.3) is 5.85 Å². The van der Waals surface area contributed by atoms with Crippen molar-refractivity contribution in [3.8, 4) is 0 Å². The number of carbonyl (C=O) groups excluding carboxylic acids is 1. The van der Waals surface area contributed by atoms with Crippen molar-refractivity contribution in [2.45, 2.75) is 19.2 Å². The molecule has 0 aliphatic rings. The van der Waals surface area contributed by atoms with Crippen molar-refractivity contribution < 1.29 is 24.1 Å². The van der Waals surface area contributed by atoms with Crippen molar-refractivity contribution >= 4 is 14.0 Å². The molecule has 0 aromatic rings. The first-order valence-electron chi connectivity index (χ1n) is 3.59. The normalized spacial score (nSPS) is 13.3. The Bertz CT molecular complexity index is 225. The van der Waals surface area contributed by atoms with Crippen LogP contribution in [0.4, 0.5) is 0 Å². The van der Waals surface area contributed by atoms with Crippen LogP contribution in [0.3, 0.4) is 0 Å². The SMILES string of the molecule is C=C(C)C(=O)OCCC(O)[P+](=O)[O-]. The van der Waals surface area contributed by atoms with E-state index in [9.17, 15) is 14.3 Å². The van der Waals surface area contributed by atoms with Gasteiger partial charge >= 0.3 is 14.0 Å². The van der Waals surface area contributed by atoms with Gasteiger partial charge in [-0.1, -0.05) is 11.1 Å². The Balaban J connectivity index is 3.62. The molecule has 0 spiro atoms. The maximum absolute atomic E-state index is 10.7. The molecule has 0 rings (SSSR count). The molecule has 0 bridgehead atoms. The average Bonchev–Trinajstić information content (AvgIpc) is 2.03. The van der Waals surface area contributed by atoms with Gasteiger partial charge in [-0.25, -0.2) is 4.79 Å². The molecule has 2 atom stereocenters. The summed E-state index contributed by atoms with van der Waals surface area (Å²) in [6, 6.07) is 0. The standard InChI is InChI=1S/C7H11O5P/c1-5(2)7(9)12-4-3-6(8)13(10)11/h6,8H,1,3-4H2,2H3. The van der Waals surface area contributed by atoms with Crippen LogP contribution < -0.4 is 4.89 Å². The summed E-state index contributed by atoms with van der Waals surface area (Å²) in [5, 5.41) is 8.77. The van der Waals surface area contributed by atoms with Crippen molar-refractivity contribution in [2.75, 3.05) is 6.61 Å². The molecule has 0 aliphatic carbocycles. The van der Waals surface area contributed by atoms with E-state index in [4.69, 9.17) is 5.11 Å². The Morgan fingerprint density at radius 3 is 2.69 bits per heavy atom. The molecule has 74 valence electrons. The first kappa shape index (κ1) is 12.2. The van der Waals surface area contributed by atoms with Gasteiger partial charge in [0.1, 0.15) is 0 Å². The molecular weight excluding hydrogens is 195 g/mol. The second-order valence-electron chi connectivity index (χ2n) is 2.47. The van der Waals surface area contributed by atoms with Crippen LogP contribution in [0.5, 0.6) is 0 Å². The predicted molar refractivity (Wildman–Crippen MR) is 44.0 cm³/mol. The van der Waals surface area contributed by atoms with Crippen LogP contribution in [0.1, 0.15) is 13.3 Å². The zero-order valence-corrected chi connectivity index (χ0v) is 8.12. The number of carbonyl (C=O) groups is 1. The summed E-state index contributed by atoms with van der Waals surface area (Å²) in [5.74, 6) is -2.04. The highest BCUT2D eigenvalue weighted by atomic mass is 31.1. The Morgan fingerprint density at radius 1 is 1.77 bits per heavy atom. The molecule has 6 heteroatoms. The number of aliphatic hydroxyl groups is 1. The Kier molecular flexibility index (Phi) is 5.46. The van der Waals surface area contributed by atoms with Crippen molar-refractivity contribution in [3.63, 3.8) is 0 Å². The lowest BCUT2D eigenvalue weighted by Crippen LogP contribution is -2.13. The molecule has 0 aromatic heterocycles. The summed E-state index contributed by atoms with van der Waals surface area (Å²) in [7, 11) is -2.87. The van der Waals surface area contributed by atoms with Gasteiger partial charge in [0.05, 0.1) is 13.0 Å². The number of ether oxygens (including phenoxy) is 1. The molecule has 2 unspecified atom stereocenters. The third kappa shape index (κ3) is 5.47. The zero-order chi connectivity index (χ0) is 10.4. The van der Waals surface area contributed by atoms with Gasteiger partial charge in [-0.15, -0.1) is 0 Å². The number of hydrogen-bond donors (Lipinski definition) is 1. The number of esters is 1. The zero-order valence-electron chi connectivity index (χ0n) is 7.23. The van der Waals surface area contributed by atoms with E-state index in [-0.39, 0.29) is 18.6 Å². The average molecular weight is 206 g/mol. The van der Waals surface area contributed by atoms with Gasteiger partial charge in [-0.2, -0.15) is 0 Å². The van der Waals surface area contributed by atoms with Crippen LogP contribution >= 0.6 is 8.03 Å². The molecule has 0 aromatic carbocycles. The van der Waals surface area contributed by atoms with E-state index in [1.54, 1.807) is 0 Å². The molecule has 0 heterocycles. The van der Waals surface area contributed by atoms with Gasteiger partial charge in [-0.05, 0) is 6.92 Å². The Morgan fingerprint density at radius 2 is 2.31 bits per heavy atom. The van der Waals surface area contributed by atoms with Gasteiger partial charge < -0.3 is 14.7 Å². The van der Waals surface area contributed by atoms with Crippen LogP contribution in [-0.4, -0.2) is 23.5 Å². The fourth-order valence-corrected chi connectivity index (χ4v) is 0.802. The van der Waals surface area contributed by atoms with E-state index in [1.807, 2.05) is 0 Å². The minimum absolute atomic E-state index is 0.113. The van der Waals surface area contributed by atoms with E-state index in [0.717, 1.165) is 0 Å². The maximum Gasteiger partial charge on any atom is 0.341 e. The summed E-state index contributed by atoms with van der Waals surface area (Å²) in [6.45, 7) is 4.68. The van der Waals surface area contributed by atoms with Gasteiger partial charge in [0.2, 0.25) is 0 Å². The summed E-state index contributed by atoms with van der Waals surface area (Å²) in [4.78, 5) is 20.9. The van der Waals surface area contributed by atoms with E-state index in [1.165, 1.54) is 6.92 Å². The van der Waals surface area contributed by atoms with Crippen molar-refractivity contribution in [2.24, 2.45) is 0 Å². The summed E-state index contributed by atoms with van der Waals surface area (Å²) >= 11 is 0. The molecule has 5 nitrogen and oxygen atoms in total. The van der Waals surface area contributed by atoms with E-state index in [0.29, 0.717) is 0 Å². The van der Waals surface area contributed by atoms with Crippen LogP contribution in [0.2, 0.25) is 0 Å². The lowest BCUT2D eigenvalue weighted by Gasteiger charge is -2.04. The van der Waals surface area contributed by atoms with Crippen molar-refractivity contribution in [1.29, 1.82) is 0 Å². The molecule has 0 fully saturated rings. The van der Waals surface area contributed by atoms with E-state index < -0.39 is 19.8 Å². The molecular formula is C7H11O5P. The topological polar surface area (TPSA) is 86.7 Å². The Hall–Kier alpha value is -0.770. The van der Waals surface area contributed by atoms with Crippen LogP contribution in [0.25, 0.3) is 0 Å². The number of rotatable bonds is 5. The maximum atomic E-state index is 10.7. The minimum atomic E-state index is -2.87. The monoisotopic (exact) mass is 206 g/mol. The summed E-state index contributed by atoms with van der Waals surface area (Å²) in [5.41, 5.74) is 0.237.